The quantitative estimate of drug-likeness (QED) is 0.453. The Morgan fingerprint density at radius 1 is 1.17 bits per heavy atom. The molecule has 1 aromatic rings. The average molecular weight is 327 g/mol. The van der Waals surface area contributed by atoms with Gasteiger partial charge in [-0.1, -0.05) is 19.1 Å². The van der Waals surface area contributed by atoms with Gasteiger partial charge in [0.25, 0.3) is 0 Å². The lowest BCUT2D eigenvalue weighted by Crippen LogP contribution is -2.61. The molecule has 0 aliphatic carbocycles. The molecule has 0 radical (unpaired) electrons. The Bertz CT molecular complexity index is 521. The topological polar surface area (TPSA) is 128 Å². The fraction of sp³-hybridized carbons (Fsp3) is 0.533. The summed E-state index contributed by atoms with van der Waals surface area (Å²) >= 11 is 0. The summed E-state index contributed by atoms with van der Waals surface area (Å²) in [7, 11) is 0. The van der Waals surface area contributed by atoms with E-state index in [0.29, 0.717) is 12.3 Å². The molecule has 1 aromatic carbocycles. The number of ether oxygens (including phenoxy) is 2. The molecule has 1 aliphatic rings. The smallest absolute Gasteiger partial charge is 0.335 e. The number of nitrogens with one attached hydrogen (secondary N) is 1. The number of carbonyl (C=O) groups is 1. The largest absolute Gasteiger partial charge is 0.479 e. The van der Waals surface area contributed by atoms with E-state index in [4.69, 9.17) is 14.6 Å². The van der Waals surface area contributed by atoms with Gasteiger partial charge in [-0.2, -0.15) is 0 Å². The molecule has 0 spiro atoms. The zero-order chi connectivity index (χ0) is 17.0. The SMILES string of the molecule is CCNCc1ccc(OC2OC(C(=O)O)C(O)C(O)C2O)cc1. The second-order valence-electron chi connectivity index (χ2n) is 5.28. The maximum atomic E-state index is 11.0. The maximum absolute atomic E-state index is 11.0. The van der Waals surface area contributed by atoms with Crippen LogP contribution in [-0.2, 0) is 16.1 Å². The Kier molecular flexibility index (Phi) is 5.91. The van der Waals surface area contributed by atoms with E-state index in [1.54, 1.807) is 12.1 Å². The molecule has 0 amide bonds. The standard InChI is InChI=1S/C15H21NO7/c1-2-16-7-8-3-5-9(6-4-8)22-15-12(19)10(17)11(18)13(23-15)14(20)21/h3-6,10-13,15-19H,2,7H2,1H3,(H,20,21). The number of hydrogen-bond acceptors (Lipinski definition) is 7. The van der Waals surface area contributed by atoms with Crippen LogP contribution in [-0.4, -0.2) is 63.6 Å². The number of rotatable bonds is 6. The van der Waals surface area contributed by atoms with Gasteiger partial charge < -0.3 is 35.2 Å². The summed E-state index contributed by atoms with van der Waals surface area (Å²) in [6.07, 6.45) is -8.05. The van der Waals surface area contributed by atoms with Crippen LogP contribution in [0.15, 0.2) is 24.3 Å². The van der Waals surface area contributed by atoms with Crippen molar-refractivity contribution in [1.82, 2.24) is 5.32 Å². The number of aliphatic hydroxyl groups is 3. The van der Waals surface area contributed by atoms with E-state index in [2.05, 4.69) is 5.32 Å². The summed E-state index contributed by atoms with van der Waals surface area (Å²) in [5.41, 5.74) is 1.03. The molecule has 8 nitrogen and oxygen atoms in total. The highest BCUT2D eigenvalue weighted by Gasteiger charge is 2.48. The molecule has 2 rings (SSSR count). The lowest BCUT2D eigenvalue weighted by Gasteiger charge is -2.38. The van der Waals surface area contributed by atoms with E-state index >= 15 is 0 Å². The molecule has 8 heteroatoms. The van der Waals surface area contributed by atoms with Crippen LogP contribution in [0.3, 0.4) is 0 Å². The van der Waals surface area contributed by atoms with Crippen LogP contribution in [0.2, 0.25) is 0 Å². The van der Waals surface area contributed by atoms with Crippen LogP contribution < -0.4 is 10.1 Å². The average Bonchev–Trinajstić information content (AvgIpc) is 2.54. The minimum Gasteiger partial charge on any atom is -0.479 e. The highest BCUT2D eigenvalue weighted by Crippen LogP contribution is 2.24. The fourth-order valence-corrected chi connectivity index (χ4v) is 2.24. The first-order chi connectivity index (χ1) is 10.9. The van der Waals surface area contributed by atoms with Crippen LogP contribution in [0.4, 0.5) is 0 Å². The van der Waals surface area contributed by atoms with E-state index in [1.807, 2.05) is 19.1 Å². The van der Waals surface area contributed by atoms with Crippen molar-refractivity contribution in [1.29, 1.82) is 0 Å². The molecule has 128 valence electrons. The summed E-state index contributed by atoms with van der Waals surface area (Å²) in [6.45, 7) is 3.54. The predicted octanol–water partition coefficient (Wildman–Crippen LogP) is -0.933. The summed E-state index contributed by atoms with van der Waals surface area (Å²) in [6, 6.07) is 6.92. The second kappa shape index (κ2) is 7.71. The van der Waals surface area contributed by atoms with Crippen molar-refractivity contribution in [2.45, 2.75) is 44.2 Å². The van der Waals surface area contributed by atoms with Gasteiger partial charge in [0.2, 0.25) is 6.29 Å². The number of carboxylic acids is 1. The van der Waals surface area contributed by atoms with E-state index < -0.39 is 36.7 Å². The molecule has 5 unspecified atom stereocenters. The number of aliphatic carboxylic acids is 1. The summed E-state index contributed by atoms with van der Waals surface area (Å²) in [5, 5.41) is 41.3. The Labute approximate surface area is 133 Å². The van der Waals surface area contributed by atoms with Gasteiger partial charge in [0, 0.05) is 6.54 Å². The molecule has 5 N–H and O–H groups in total. The van der Waals surface area contributed by atoms with Crippen LogP contribution >= 0.6 is 0 Å². The molecule has 23 heavy (non-hydrogen) atoms. The van der Waals surface area contributed by atoms with Crippen molar-refractivity contribution in [3.63, 3.8) is 0 Å². The highest BCUT2D eigenvalue weighted by molar-refractivity contribution is 5.73. The highest BCUT2D eigenvalue weighted by atomic mass is 16.7. The van der Waals surface area contributed by atoms with Crippen LogP contribution in [0, 0.1) is 0 Å². The second-order valence-corrected chi connectivity index (χ2v) is 5.28. The predicted molar refractivity (Wildman–Crippen MR) is 78.8 cm³/mol. The third-order valence-electron chi connectivity index (χ3n) is 3.57. The number of carboxylic acid groups (broad SMARTS) is 1. The van der Waals surface area contributed by atoms with Crippen LogP contribution in [0.1, 0.15) is 12.5 Å². The Morgan fingerprint density at radius 2 is 1.83 bits per heavy atom. The van der Waals surface area contributed by atoms with Gasteiger partial charge in [0.15, 0.2) is 6.10 Å². The first-order valence-corrected chi connectivity index (χ1v) is 7.32. The first-order valence-electron chi connectivity index (χ1n) is 7.32. The molecular weight excluding hydrogens is 306 g/mol. The van der Waals surface area contributed by atoms with Gasteiger partial charge >= 0.3 is 5.97 Å². The molecule has 5 atom stereocenters. The number of aliphatic hydroxyl groups excluding tert-OH is 3. The molecule has 1 saturated heterocycles. The third-order valence-corrected chi connectivity index (χ3v) is 3.57. The van der Waals surface area contributed by atoms with Gasteiger partial charge in [0.05, 0.1) is 0 Å². The van der Waals surface area contributed by atoms with Gasteiger partial charge in [0.1, 0.15) is 24.1 Å². The number of hydrogen-bond donors (Lipinski definition) is 5. The van der Waals surface area contributed by atoms with Gasteiger partial charge in [-0.15, -0.1) is 0 Å². The van der Waals surface area contributed by atoms with Gasteiger partial charge in [-0.25, -0.2) is 4.79 Å². The molecule has 1 aliphatic heterocycles. The number of benzene rings is 1. The monoisotopic (exact) mass is 327 g/mol. The molecule has 1 heterocycles. The zero-order valence-electron chi connectivity index (χ0n) is 12.6. The van der Waals surface area contributed by atoms with Crippen molar-refractivity contribution < 1.29 is 34.7 Å². The van der Waals surface area contributed by atoms with Crippen molar-refractivity contribution in [3.05, 3.63) is 29.8 Å². The van der Waals surface area contributed by atoms with Crippen molar-refractivity contribution >= 4 is 5.97 Å². The van der Waals surface area contributed by atoms with E-state index in [9.17, 15) is 20.1 Å². The van der Waals surface area contributed by atoms with Gasteiger partial charge in [-0.05, 0) is 24.2 Å². The summed E-state index contributed by atoms with van der Waals surface area (Å²) in [4.78, 5) is 11.0. The molecule has 0 saturated carbocycles. The Morgan fingerprint density at radius 3 is 2.39 bits per heavy atom. The summed E-state index contributed by atoms with van der Waals surface area (Å²) < 4.78 is 10.4. The van der Waals surface area contributed by atoms with E-state index in [-0.39, 0.29) is 0 Å². The van der Waals surface area contributed by atoms with Crippen LogP contribution in [0.5, 0.6) is 5.75 Å². The minimum absolute atomic E-state index is 0.349. The van der Waals surface area contributed by atoms with Crippen molar-refractivity contribution in [2.24, 2.45) is 0 Å². The molecular formula is C15H21NO7. The Balaban J connectivity index is 2.04. The molecule has 1 fully saturated rings. The normalized spacial score (nSPS) is 30.9. The fourth-order valence-electron chi connectivity index (χ4n) is 2.24. The van der Waals surface area contributed by atoms with Crippen molar-refractivity contribution in [2.75, 3.05) is 6.54 Å². The minimum atomic E-state index is -1.73. The lowest BCUT2D eigenvalue weighted by atomic mass is 9.99. The van der Waals surface area contributed by atoms with Crippen LogP contribution in [0.25, 0.3) is 0 Å². The van der Waals surface area contributed by atoms with Crippen molar-refractivity contribution in [3.8, 4) is 5.75 Å². The third kappa shape index (κ3) is 4.18. The first kappa shape index (κ1) is 17.6. The van der Waals surface area contributed by atoms with E-state index in [1.165, 1.54) is 0 Å². The molecule has 0 bridgehead atoms. The van der Waals surface area contributed by atoms with Gasteiger partial charge in [-0.3, -0.25) is 0 Å². The maximum Gasteiger partial charge on any atom is 0.335 e. The molecule has 0 aromatic heterocycles. The Hall–Kier alpha value is -1.71. The summed E-state index contributed by atoms with van der Waals surface area (Å²) in [5.74, 6) is -1.10. The van der Waals surface area contributed by atoms with E-state index in [0.717, 1.165) is 12.1 Å². The lowest BCUT2D eigenvalue weighted by molar-refractivity contribution is -0.271. The zero-order valence-corrected chi connectivity index (χ0v) is 12.6.